The van der Waals surface area contributed by atoms with E-state index in [1.54, 1.807) is 31.4 Å². The summed E-state index contributed by atoms with van der Waals surface area (Å²) in [5, 5.41) is 0. The van der Waals surface area contributed by atoms with Gasteiger partial charge in [-0.2, -0.15) is 0 Å². The SMILES string of the molecule is [C-]#CCOC(=O)c1ccc(OC)cc1.[Sc]. The largest absolute Gasteiger partial charge is 0.690 e. The maximum absolute atomic E-state index is 11.2. The summed E-state index contributed by atoms with van der Waals surface area (Å²) in [6.45, 7) is -0.120. The molecule has 0 spiro atoms. The summed E-state index contributed by atoms with van der Waals surface area (Å²) in [5.41, 5.74) is 0.432. The summed E-state index contributed by atoms with van der Waals surface area (Å²) in [7, 11) is 1.55. The van der Waals surface area contributed by atoms with E-state index in [4.69, 9.17) is 11.2 Å². The minimum absolute atomic E-state index is 0. The monoisotopic (exact) mass is 234 g/mol. The van der Waals surface area contributed by atoms with Gasteiger partial charge in [0.1, 0.15) is 12.4 Å². The Kier molecular flexibility index (Phi) is 6.72. The zero-order chi connectivity index (χ0) is 10.4. The van der Waals surface area contributed by atoms with Gasteiger partial charge >= 0.3 is 5.97 Å². The van der Waals surface area contributed by atoms with E-state index in [1.165, 1.54) is 0 Å². The molecule has 1 aromatic carbocycles. The molecule has 15 heavy (non-hydrogen) atoms. The number of methoxy groups -OCH3 is 1. The van der Waals surface area contributed by atoms with Crippen LogP contribution in [-0.4, -0.2) is 19.7 Å². The molecule has 0 unspecified atom stereocenters. The second kappa shape index (κ2) is 7.24. The van der Waals surface area contributed by atoms with Gasteiger partial charge in [-0.15, -0.1) is 0 Å². The molecule has 1 radical (unpaired) electrons. The Balaban J connectivity index is 0.00000196. The van der Waals surface area contributed by atoms with Crippen molar-refractivity contribution < 1.29 is 40.1 Å². The average Bonchev–Trinajstić information content (AvgIpc) is 2.26. The maximum Gasteiger partial charge on any atom is 0.338 e. The van der Waals surface area contributed by atoms with Crippen molar-refractivity contribution >= 4 is 5.97 Å². The predicted octanol–water partition coefficient (Wildman–Crippen LogP) is 1.44. The molecular weight excluding hydrogens is 225 g/mol. The molecule has 0 aliphatic heterocycles. The van der Waals surface area contributed by atoms with E-state index in [2.05, 4.69) is 4.74 Å². The van der Waals surface area contributed by atoms with E-state index >= 15 is 0 Å². The number of esters is 1. The quantitative estimate of drug-likeness (QED) is 0.451. The third kappa shape index (κ3) is 4.30. The van der Waals surface area contributed by atoms with Crippen LogP contribution in [0.5, 0.6) is 5.75 Å². The number of carbonyl (C=O) groups is 1. The van der Waals surface area contributed by atoms with Crippen LogP contribution in [0, 0.1) is 12.3 Å². The first-order valence-corrected chi connectivity index (χ1v) is 3.98. The van der Waals surface area contributed by atoms with Crippen molar-refractivity contribution in [3.05, 3.63) is 36.3 Å². The number of benzene rings is 1. The molecule has 0 aliphatic carbocycles. The maximum atomic E-state index is 11.2. The van der Waals surface area contributed by atoms with Gasteiger partial charge in [-0.25, -0.2) is 4.79 Å². The predicted molar refractivity (Wildman–Crippen MR) is 50.4 cm³/mol. The Morgan fingerprint density at radius 3 is 2.47 bits per heavy atom. The molecule has 1 aromatic rings. The van der Waals surface area contributed by atoms with Gasteiger partial charge in [-0.1, -0.05) is 0 Å². The summed E-state index contributed by atoms with van der Waals surface area (Å²) in [5.74, 6) is 2.19. The van der Waals surface area contributed by atoms with Crippen molar-refractivity contribution in [2.45, 2.75) is 0 Å². The number of rotatable bonds is 3. The number of hydrogen-bond acceptors (Lipinski definition) is 3. The van der Waals surface area contributed by atoms with E-state index in [9.17, 15) is 4.79 Å². The molecule has 75 valence electrons. The molecule has 4 heteroatoms. The van der Waals surface area contributed by atoms with Crippen molar-refractivity contribution in [1.29, 1.82) is 0 Å². The Labute approximate surface area is 108 Å². The van der Waals surface area contributed by atoms with E-state index in [-0.39, 0.29) is 32.5 Å². The first kappa shape index (κ1) is 13.9. The zero-order valence-corrected chi connectivity index (χ0v) is 10.1. The molecule has 0 heterocycles. The average molecular weight is 234 g/mol. The summed E-state index contributed by atoms with van der Waals surface area (Å²) in [6.07, 6.45) is 6.58. The van der Waals surface area contributed by atoms with Crippen molar-refractivity contribution in [3.63, 3.8) is 0 Å². The molecule has 0 fully saturated rings. The van der Waals surface area contributed by atoms with Crippen LogP contribution in [0.25, 0.3) is 0 Å². The smallest absolute Gasteiger partial charge is 0.338 e. The van der Waals surface area contributed by atoms with Gasteiger partial charge in [-0.3, -0.25) is 0 Å². The molecule has 3 nitrogen and oxygen atoms in total. The molecule has 1 rings (SSSR count). The van der Waals surface area contributed by atoms with Gasteiger partial charge in [-0.05, 0) is 24.3 Å². The van der Waals surface area contributed by atoms with Crippen LogP contribution in [0.15, 0.2) is 24.3 Å². The van der Waals surface area contributed by atoms with Crippen LogP contribution in [0.1, 0.15) is 10.4 Å². The van der Waals surface area contributed by atoms with Gasteiger partial charge in [0.25, 0.3) is 0 Å². The van der Waals surface area contributed by atoms with Gasteiger partial charge in [0, 0.05) is 25.8 Å². The summed E-state index contributed by atoms with van der Waals surface area (Å²) in [4.78, 5) is 11.2. The minimum atomic E-state index is -0.465. The van der Waals surface area contributed by atoms with Crippen LogP contribution in [0.2, 0.25) is 0 Å². The fourth-order valence-corrected chi connectivity index (χ4v) is 0.912. The number of hydrogen-bond donors (Lipinski definition) is 0. The molecule has 0 amide bonds. The van der Waals surface area contributed by atoms with Crippen molar-refractivity contribution in [1.82, 2.24) is 0 Å². The minimum Gasteiger partial charge on any atom is -0.690 e. The summed E-state index contributed by atoms with van der Waals surface area (Å²) < 4.78 is 9.61. The molecule has 0 saturated carbocycles. The van der Waals surface area contributed by atoms with Gasteiger partial charge in [0.15, 0.2) is 0 Å². The molecule has 0 bridgehead atoms. The van der Waals surface area contributed by atoms with E-state index < -0.39 is 5.97 Å². The molecular formula is C11H9O3Sc-. The van der Waals surface area contributed by atoms with E-state index in [0.717, 1.165) is 0 Å². The summed E-state index contributed by atoms with van der Waals surface area (Å²) >= 11 is 0. The van der Waals surface area contributed by atoms with Crippen molar-refractivity contribution in [2.75, 3.05) is 13.7 Å². The Morgan fingerprint density at radius 2 is 2.00 bits per heavy atom. The van der Waals surface area contributed by atoms with Crippen LogP contribution in [-0.2, 0) is 30.6 Å². The fraction of sp³-hybridized carbons (Fsp3) is 0.182. The second-order valence-electron chi connectivity index (χ2n) is 2.48. The van der Waals surface area contributed by atoms with Gasteiger partial charge in [0.05, 0.1) is 12.7 Å². The van der Waals surface area contributed by atoms with Crippen LogP contribution < -0.4 is 4.74 Å². The van der Waals surface area contributed by atoms with Crippen molar-refractivity contribution in [2.24, 2.45) is 0 Å². The Morgan fingerprint density at radius 1 is 1.40 bits per heavy atom. The van der Waals surface area contributed by atoms with Gasteiger partial charge < -0.3 is 21.8 Å². The molecule has 0 atom stereocenters. The van der Waals surface area contributed by atoms with E-state index in [0.29, 0.717) is 11.3 Å². The standard InChI is InChI=1S/C11H9O3.Sc/c1-3-8-14-11(12)9-4-6-10(13-2)7-5-9;/h4-7H,8H2,2H3;/q-1;. The van der Waals surface area contributed by atoms with Crippen LogP contribution >= 0.6 is 0 Å². The topological polar surface area (TPSA) is 35.5 Å². The molecule has 0 aliphatic rings. The first-order chi connectivity index (χ1) is 6.77. The van der Waals surface area contributed by atoms with Crippen LogP contribution in [0.3, 0.4) is 0 Å². The Hall–Kier alpha value is -1.08. The zero-order valence-electron chi connectivity index (χ0n) is 8.32. The third-order valence-electron chi connectivity index (χ3n) is 1.60. The molecule has 0 aromatic heterocycles. The normalized spacial score (nSPS) is 8.27. The van der Waals surface area contributed by atoms with Gasteiger partial charge in [0.2, 0.25) is 0 Å². The molecule has 0 N–H and O–H groups in total. The van der Waals surface area contributed by atoms with E-state index in [1.807, 2.05) is 5.92 Å². The summed E-state index contributed by atoms with van der Waals surface area (Å²) in [6, 6.07) is 6.55. The number of carbonyl (C=O) groups excluding carboxylic acids is 1. The fourth-order valence-electron chi connectivity index (χ4n) is 0.912. The second-order valence-corrected chi connectivity index (χ2v) is 2.48. The third-order valence-corrected chi connectivity index (χ3v) is 1.60. The number of ether oxygens (including phenoxy) is 2. The first-order valence-electron chi connectivity index (χ1n) is 3.98. The Bertz CT molecular complexity index is 351. The van der Waals surface area contributed by atoms with Crippen molar-refractivity contribution in [3.8, 4) is 11.7 Å². The molecule has 0 saturated heterocycles. The van der Waals surface area contributed by atoms with Crippen LogP contribution in [0.4, 0.5) is 0 Å².